The van der Waals surface area contributed by atoms with Crippen LogP contribution >= 0.6 is 23.4 Å². The molecule has 0 aliphatic rings. The zero-order valence-corrected chi connectivity index (χ0v) is 12.1. The molecule has 4 heteroatoms. The fourth-order valence-corrected chi connectivity index (χ4v) is 3.31. The van der Waals surface area contributed by atoms with Crippen molar-refractivity contribution >= 4 is 23.4 Å². The monoisotopic (exact) mass is 295 g/mol. The van der Waals surface area contributed by atoms with Crippen LogP contribution < -0.4 is 5.73 Å². The van der Waals surface area contributed by atoms with Gasteiger partial charge < -0.3 is 5.73 Å². The average molecular weight is 296 g/mol. The molecule has 2 N–H and O–H groups in total. The highest BCUT2D eigenvalue weighted by Crippen LogP contribution is 2.40. The Morgan fingerprint density at radius 1 is 1.11 bits per heavy atom. The highest BCUT2D eigenvalue weighted by atomic mass is 35.5. The van der Waals surface area contributed by atoms with Gasteiger partial charge in [0.1, 0.15) is 5.82 Å². The molecule has 0 fully saturated rings. The third-order valence-corrected chi connectivity index (χ3v) is 4.65. The van der Waals surface area contributed by atoms with Crippen molar-refractivity contribution in [1.82, 2.24) is 0 Å². The number of halogens is 2. The van der Waals surface area contributed by atoms with Gasteiger partial charge in [0.15, 0.2) is 0 Å². The molecule has 2 atom stereocenters. The van der Waals surface area contributed by atoms with Gasteiger partial charge in [-0.3, -0.25) is 0 Å². The third kappa shape index (κ3) is 3.50. The molecule has 2 rings (SSSR count). The normalized spacial score (nSPS) is 14.1. The van der Waals surface area contributed by atoms with Crippen LogP contribution in [0, 0.1) is 5.82 Å². The Morgan fingerprint density at radius 3 is 2.37 bits per heavy atom. The smallest absolute Gasteiger partial charge is 0.136 e. The number of hydrogen-bond donors (Lipinski definition) is 1. The second-order valence-corrected chi connectivity index (χ2v) is 5.94. The summed E-state index contributed by atoms with van der Waals surface area (Å²) in [7, 11) is 0. The van der Waals surface area contributed by atoms with Gasteiger partial charge >= 0.3 is 0 Å². The maximum Gasteiger partial charge on any atom is 0.136 e. The number of hydrogen-bond acceptors (Lipinski definition) is 2. The summed E-state index contributed by atoms with van der Waals surface area (Å²) >= 11 is 7.61. The van der Waals surface area contributed by atoms with Crippen LogP contribution in [-0.4, -0.2) is 6.04 Å². The lowest BCUT2D eigenvalue weighted by Gasteiger charge is -2.22. The van der Waals surface area contributed by atoms with Crippen molar-refractivity contribution in [3.63, 3.8) is 0 Å². The summed E-state index contributed by atoms with van der Waals surface area (Å²) in [6.45, 7) is 1.90. The van der Waals surface area contributed by atoms with E-state index in [1.807, 2.05) is 37.3 Å². The van der Waals surface area contributed by atoms with E-state index in [-0.39, 0.29) is 17.1 Å². The standard InChI is InChI=1S/C15H15ClFNS/c1-10(18)15(11-6-2-3-7-12(11)16)19-14-9-5-4-8-13(14)17/h2-10,15H,18H2,1H3. The molecule has 1 nitrogen and oxygen atoms in total. The molecule has 0 bridgehead atoms. The number of nitrogens with two attached hydrogens (primary N) is 1. The molecule has 0 aliphatic carbocycles. The first-order valence-electron chi connectivity index (χ1n) is 6.01. The molecule has 0 aliphatic heterocycles. The van der Waals surface area contributed by atoms with E-state index in [0.717, 1.165) is 5.56 Å². The Balaban J connectivity index is 2.33. The molecule has 2 aromatic carbocycles. The molecule has 0 spiro atoms. The van der Waals surface area contributed by atoms with Gasteiger partial charge in [-0.25, -0.2) is 4.39 Å². The molecule has 2 unspecified atom stereocenters. The highest BCUT2D eigenvalue weighted by Gasteiger charge is 2.21. The van der Waals surface area contributed by atoms with Crippen molar-refractivity contribution in [3.05, 3.63) is 64.9 Å². The summed E-state index contributed by atoms with van der Waals surface area (Å²) in [6, 6.07) is 14.1. The summed E-state index contributed by atoms with van der Waals surface area (Å²) in [5.74, 6) is -0.231. The second kappa shape index (κ2) is 6.42. The molecular weight excluding hydrogens is 281 g/mol. The summed E-state index contributed by atoms with van der Waals surface area (Å²) in [5.41, 5.74) is 6.97. The SMILES string of the molecule is CC(N)C(Sc1ccccc1F)c1ccccc1Cl. The van der Waals surface area contributed by atoms with Gasteiger partial charge in [0.05, 0.1) is 5.25 Å². The van der Waals surface area contributed by atoms with Crippen LogP contribution in [-0.2, 0) is 0 Å². The molecule has 0 saturated carbocycles. The van der Waals surface area contributed by atoms with E-state index < -0.39 is 0 Å². The first-order chi connectivity index (χ1) is 9.09. The fourth-order valence-electron chi connectivity index (χ4n) is 1.84. The van der Waals surface area contributed by atoms with Crippen LogP contribution in [0.5, 0.6) is 0 Å². The summed E-state index contributed by atoms with van der Waals surface area (Å²) < 4.78 is 13.7. The Morgan fingerprint density at radius 2 is 1.74 bits per heavy atom. The zero-order valence-electron chi connectivity index (χ0n) is 10.5. The van der Waals surface area contributed by atoms with Gasteiger partial charge in [-0.2, -0.15) is 0 Å². The first-order valence-corrected chi connectivity index (χ1v) is 7.26. The lowest BCUT2D eigenvalue weighted by atomic mass is 10.1. The zero-order chi connectivity index (χ0) is 13.8. The molecular formula is C15H15ClFNS. The molecule has 0 radical (unpaired) electrons. The fraction of sp³-hybridized carbons (Fsp3) is 0.200. The van der Waals surface area contributed by atoms with Gasteiger partial charge in [0.25, 0.3) is 0 Å². The third-order valence-electron chi connectivity index (χ3n) is 2.78. The minimum Gasteiger partial charge on any atom is -0.327 e. The quantitative estimate of drug-likeness (QED) is 0.830. The molecule has 0 saturated heterocycles. The lowest BCUT2D eigenvalue weighted by Crippen LogP contribution is -2.22. The van der Waals surface area contributed by atoms with E-state index in [1.165, 1.54) is 17.8 Å². The Kier molecular flexibility index (Phi) is 4.86. The molecule has 0 aromatic heterocycles. The van der Waals surface area contributed by atoms with Crippen molar-refractivity contribution in [3.8, 4) is 0 Å². The maximum absolute atomic E-state index is 13.7. The van der Waals surface area contributed by atoms with Gasteiger partial charge in [-0.15, -0.1) is 11.8 Å². The minimum atomic E-state index is -0.231. The number of thioether (sulfide) groups is 1. The van der Waals surface area contributed by atoms with Gasteiger partial charge in [0.2, 0.25) is 0 Å². The van der Waals surface area contributed by atoms with Crippen molar-refractivity contribution in [2.24, 2.45) is 5.73 Å². The van der Waals surface area contributed by atoms with E-state index >= 15 is 0 Å². The Labute approximate surface area is 122 Å². The van der Waals surface area contributed by atoms with E-state index in [1.54, 1.807) is 12.1 Å². The van der Waals surface area contributed by atoms with Crippen LogP contribution in [0.3, 0.4) is 0 Å². The summed E-state index contributed by atoms with van der Waals surface area (Å²) in [4.78, 5) is 0.588. The Hall–Kier alpha value is -1.03. The van der Waals surface area contributed by atoms with Crippen LogP contribution in [0.25, 0.3) is 0 Å². The molecule has 100 valence electrons. The lowest BCUT2D eigenvalue weighted by molar-refractivity contribution is 0.600. The summed E-state index contributed by atoms with van der Waals surface area (Å²) in [6.07, 6.45) is 0. The van der Waals surface area contributed by atoms with Crippen LogP contribution in [0.4, 0.5) is 4.39 Å². The average Bonchev–Trinajstić information content (AvgIpc) is 2.38. The van der Waals surface area contributed by atoms with Crippen LogP contribution in [0.1, 0.15) is 17.7 Å². The van der Waals surface area contributed by atoms with Gasteiger partial charge in [-0.05, 0) is 30.7 Å². The Bertz CT molecular complexity index is 559. The number of rotatable bonds is 4. The van der Waals surface area contributed by atoms with E-state index in [9.17, 15) is 4.39 Å². The van der Waals surface area contributed by atoms with E-state index in [2.05, 4.69) is 0 Å². The van der Waals surface area contributed by atoms with E-state index in [0.29, 0.717) is 9.92 Å². The predicted molar refractivity (Wildman–Crippen MR) is 80.1 cm³/mol. The number of benzene rings is 2. The molecule has 2 aromatic rings. The van der Waals surface area contributed by atoms with Crippen LogP contribution in [0.2, 0.25) is 5.02 Å². The largest absolute Gasteiger partial charge is 0.327 e. The van der Waals surface area contributed by atoms with E-state index in [4.69, 9.17) is 17.3 Å². The first kappa shape index (κ1) is 14.4. The minimum absolute atomic E-state index is 0.0781. The van der Waals surface area contributed by atoms with Crippen molar-refractivity contribution in [2.45, 2.75) is 23.1 Å². The molecule has 19 heavy (non-hydrogen) atoms. The molecule has 0 heterocycles. The van der Waals surface area contributed by atoms with Crippen molar-refractivity contribution in [2.75, 3.05) is 0 Å². The highest BCUT2D eigenvalue weighted by molar-refractivity contribution is 7.99. The second-order valence-electron chi connectivity index (χ2n) is 4.35. The summed E-state index contributed by atoms with van der Waals surface area (Å²) in [5, 5.41) is 0.583. The van der Waals surface area contributed by atoms with Gasteiger partial charge in [0, 0.05) is 16.0 Å². The van der Waals surface area contributed by atoms with Crippen LogP contribution in [0.15, 0.2) is 53.4 Å². The topological polar surface area (TPSA) is 26.0 Å². The maximum atomic E-state index is 13.7. The molecule has 0 amide bonds. The van der Waals surface area contributed by atoms with Crippen molar-refractivity contribution < 1.29 is 4.39 Å². The van der Waals surface area contributed by atoms with Gasteiger partial charge in [-0.1, -0.05) is 41.9 Å². The van der Waals surface area contributed by atoms with Crippen molar-refractivity contribution in [1.29, 1.82) is 0 Å². The predicted octanol–water partition coefficient (Wildman–Crippen LogP) is 4.66.